The number of fused-ring (bicyclic) bond motifs is 2. The molecule has 0 atom stereocenters. The Bertz CT molecular complexity index is 1300. The summed E-state index contributed by atoms with van der Waals surface area (Å²) in [4.78, 5) is 31.0. The van der Waals surface area contributed by atoms with E-state index in [1.54, 1.807) is 18.2 Å². The molecule has 0 saturated carbocycles. The zero-order valence-corrected chi connectivity index (χ0v) is 18.0. The molecule has 6 rings (SSSR count). The van der Waals surface area contributed by atoms with Crippen LogP contribution >= 0.6 is 0 Å². The molecular formula is C27H22N2O4. The third-order valence-electron chi connectivity index (χ3n) is 6.29. The van der Waals surface area contributed by atoms with Gasteiger partial charge in [-0.05, 0) is 42.2 Å². The van der Waals surface area contributed by atoms with Gasteiger partial charge in [-0.15, -0.1) is 0 Å². The summed E-state index contributed by atoms with van der Waals surface area (Å²) in [6.07, 6.45) is 1.86. The highest BCUT2D eigenvalue weighted by molar-refractivity contribution is 6.46. The van der Waals surface area contributed by atoms with E-state index in [0.29, 0.717) is 48.2 Å². The standard InChI is InChI=1S/C27H22N2O4/c30-26-24(19-8-2-1-3-9-19)25(28-14-6-10-18-7-4-5-11-21(18)28)27(31)29(26)20-12-13-22-23(17-20)33-16-15-32-22/h1-5,7-9,11-13,17H,6,10,14-16H2. The van der Waals surface area contributed by atoms with E-state index in [2.05, 4.69) is 6.07 Å². The SMILES string of the molecule is O=C1C(c2ccccc2)=C(N2CCCc3ccccc32)C(=O)N1c1ccc2c(c1)OCCO2. The number of hydrogen-bond donors (Lipinski definition) is 0. The molecule has 0 spiro atoms. The second-order valence-corrected chi connectivity index (χ2v) is 8.25. The molecule has 3 aromatic rings. The van der Waals surface area contributed by atoms with Crippen molar-refractivity contribution in [2.24, 2.45) is 0 Å². The summed E-state index contributed by atoms with van der Waals surface area (Å²) in [6, 6.07) is 22.7. The predicted octanol–water partition coefficient (Wildman–Crippen LogP) is 4.20. The maximum absolute atomic E-state index is 13.9. The summed E-state index contributed by atoms with van der Waals surface area (Å²) < 4.78 is 11.3. The van der Waals surface area contributed by atoms with Gasteiger partial charge in [0.2, 0.25) is 0 Å². The molecule has 33 heavy (non-hydrogen) atoms. The monoisotopic (exact) mass is 438 g/mol. The summed E-state index contributed by atoms with van der Waals surface area (Å²) in [5, 5.41) is 0. The first-order valence-electron chi connectivity index (χ1n) is 11.2. The quantitative estimate of drug-likeness (QED) is 0.574. The van der Waals surface area contributed by atoms with Gasteiger partial charge in [-0.3, -0.25) is 9.59 Å². The zero-order chi connectivity index (χ0) is 22.4. The Hall–Kier alpha value is -4.06. The molecule has 0 unspecified atom stereocenters. The van der Waals surface area contributed by atoms with Crippen LogP contribution in [0.25, 0.3) is 5.57 Å². The first-order valence-corrected chi connectivity index (χ1v) is 11.2. The molecule has 0 bridgehead atoms. The number of para-hydroxylation sites is 1. The first kappa shape index (κ1) is 19.6. The summed E-state index contributed by atoms with van der Waals surface area (Å²) in [6.45, 7) is 1.59. The molecule has 0 aromatic heterocycles. The van der Waals surface area contributed by atoms with Crippen molar-refractivity contribution < 1.29 is 19.1 Å². The molecule has 0 N–H and O–H groups in total. The minimum Gasteiger partial charge on any atom is -0.486 e. The van der Waals surface area contributed by atoms with E-state index in [9.17, 15) is 9.59 Å². The number of rotatable bonds is 3. The maximum Gasteiger partial charge on any atom is 0.282 e. The lowest BCUT2D eigenvalue weighted by Crippen LogP contribution is -2.37. The van der Waals surface area contributed by atoms with Crippen molar-refractivity contribution in [2.75, 3.05) is 29.6 Å². The Morgan fingerprint density at radius 1 is 0.758 bits per heavy atom. The molecule has 3 heterocycles. The summed E-state index contributed by atoms with van der Waals surface area (Å²) >= 11 is 0. The van der Waals surface area contributed by atoms with Crippen molar-refractivity contribution in [2.45, 2.75) is 12.8 Å². The van der Waals surface area contributed by atoms with Crippen LogP contribution in [-0.4, -0.2) is 31.6 Å². The Balaban J connectivity index is 1.50. The van der Waals surface area contributed by atoms with Gasteiger partial charge in [-0.2, -0.15) is 0 Å². The molecule has 0 radical (unpaired) electrons. The average molecular weight is 438 g/mol. The Morgan fingerprint density at radius 2 is 1.52 bits per heavy atom. The van der Waals surface area contributed by atoms with Crippen LogP contribution in [0.1, 0.15) is 17.5 Å². The van der Waals surface area contributed by atoms with Crippen molar-refractivity contribution in [1.29, 1.82) is 0 Å². The fraction of sp³-hybridized carbons (Fsp3) is 0.185. The van der Waals surface area contributed by atoms with Crippen LogP contribution in [0.2, 0.25) is 0 Å². The van der Waals surface area contributed by atoms with Gasteiger partial charge < -0.3 is 14.4 Å². The molecule has 6 nitrogen and oxygen atoms in total. The van der Waals surface area contributed by atoms with E-state index in [-0.39, 0.29) is 11.8 Å². The maximum atomic E-state index is 13.9. The van der Waals surface area contributed by atoms with E-state index in [0.717, 1.165) is 24.1 Å². The van der Waals surface area contributed by atoms with Gasteiger partial charge in [0.15, 0.2) is 11.5 Å². The van der Waals surface area contributed by atoms with Crippen LogP contribution in [0.3, 0.4) is 0 Å². The van der Waals surface area contributed by atoms with E-state index in [1.165, 1.54) is 10.5 Å². The largest absolute Gasteiger partial charge is 0.486 e. The molecule has 3 aliphatic heterocycles. The molecular weight excluding hydrogens is 416 g/mol. The highest BCUT2D eigenvalue weighted by atomic mass is 16.6. The Morgan fingerprint density at radius 3 is 2.36 bits per heavy atom. The topological polar surface area (TPSA) is 59.1 Å². The number of benzene rings is 3. The lowest BCUT2D eigenvalue weighted by molar-refractivity contribution is -0.120. The van der Waals surface area contributed by atoms with E-state index < -0.39 is 0 Å². The van der Waals surface area contributed by atoms with Crippen molar-refractivity contribution in [3.05, 3.63) is 89.6 Å². The number of nitrogens with zero attached hydrogens (tertiary/aromatic N) is 2. The molecule has 2 amide bonds. The average Bonchev–Trinajstić information content (AvgIpc) is 3.13. The van der Waals surface area contributed by atoms with Crippen LogP contribution in [-0.2, 0) is 16.0 Å². The fourth-order valence-corrected chi connectivity index (χ4v) is 4.81. The summed E-state index contributed by atoms with van der Waals surface area (Å²) in [5.41, 5.74) is 4.22. The van der Waals surface area contributed by atoms with Crippen LogP contribution in [0.4, 0.5) is 11.4 Å². The highest BCUT2D eigenvalue weighted by Gasteiger charge is 2.43. The minimum atomic E-state index is -0.332. The van der Waals surface area contributed by atoms with Crippen LogP contribution in [0.5, 0.6) is 11.5 Å². The van der Waals surface area contributed by atoms with Crippen molar-refractivity contribution in [1.82, 2.24) is 0 Å². The van der Waals surface area contributed by atoms with Crippen molar-refractivity contribution in [3.63, 3.8) is 0 Å². The van der Waals surface area contributed by atoms with Crippen molar-refractivity contribution >= 4 is 28.8 Å². The van der Waals surface area contributed by atoms with Crippen LogP contribution in [0, 0.1) is 0 Å². The Kier molecular flexibility index (Phi) is 4.64. The van der Waals surface area contributed by atoms with Crippen LogP contribution in [0.15, 0.2) is 78.5 Å². The van der Waals surface area contributed by atoms with E-state index in [4.69, 9.17) is 9.47 Å². The normalized spacial score (nSPS) is 17.5. The number of carbonyl (C=O) groups is 2. The molecule has 0 saturated heterocycles. The first-order chi connectivity index (χ1) is 16.2. The zero-order valence-electron chi connectivity index (χ0n) is 18.0. The van der Waals surface area contributed by atoms with Gasteiger partial charge >= 0.3 is 0 Å². The number of anilines is 2. The molecule has 3 aromatic carbocycles. The molecule has 3 aliphatic rings. The third kappa shape index (κ3) is 3.18. The van der Waals surface area contributed by atoms with Gasteiger partial charge in [-0.1, -0.05) is 48.5 Å². The number of imide groups is 1. The van der Waals surface area contributed by atoms with Gasteiger partial charge in [0.25, 0.3) is 11.8 Å². The second kappa shape index (κ2) is 7.81. The van der Waals surface area contributed by atoms with Crippen LogP contribution < -0.4 is 19.3 Å². The highest BCUT2D eigenvalue weighted by Crippen LogP contribution is 2.41. The summed E-state index contributed by atoms with van der Waals surface area (Å²) in [7, 11) is 0. The number of amides is 2. The third-order valence-corrected chi connectivity index (χ3v) is 6.29. The molecule has 164 valence electrons. The lowest BCUT2D eigenvalue weighted by Gasteiger charge is -2.32. The number of ether oxygens (including phenoxy) is 2. The van der Waals surface area contributed by atoms with Crippen molar-refractivity contribution in [3.8, 4) is 11.5 Å². The fourth-order valence-electron chi connectivity index (χ4n) is 4.81. The number of carbonyl (C=O) groups excluding carboxylic acids is 2. The smallest absolute Gasteiger partial charge is 0.282 e. The number of aryl methyl sites for hydroxylation is 1. The number of hydrogen-bond acceptors (Lipinski definition) is 5. The second-order valence-electron chi connectivity index (χ2n) is 8.25. The predicted molar refractivity (Wildman–Crippen MR) is 125 cm³/mol. The van der Waals surface area contributed by atoms with Gasteiger partial charge in [0.05, 0.1) is 11.3 Å². The lowest BCUT2D eigenvalue weighted by atomic mass is 9.98. The molecule has 6 heteroatoms. The van der Waals surface area contributed by atoms with E-state index >= 15 is 0 Å². The Labute approximate surface area is 191 Å². The molecule has 0 fully saturated rings. The molecule has 0 aliphatic carbocycles. The summed E-state index contributed by atoms with van der Waals surface area (Å²) in [5.74, 6) is 0.496. The minimum absolute atomic E-state index is 0.327. The van der Waals surface area contributed by atoms with Gasteiger partial charge in [-0.25, -0.2) is 4.90 Å². The van der Waals surface area contributed by atoms with Gasteiger partial charge in [0.1, 0.15) is 18.9 Å². The van der Waals surface area contributed by atoms with Gasteiger partial charge in [0, 0.05) is 18.3 Å². The van der Waals surface area contributed by atoms with E-state index in [1.807, 2.05) is 53.4 Å².